The molecule has 0 saturated carbocycles. The summed E-state index contributed by atoms with van der Waals surface area (Å²) in [5.41, 5.74) is 1.57. The summed E-state index contributed by atoms with van der Waals surface area (Å²) in [6.07, 6.45) is 0. The molecule has 158 valence electrons. The van der Waals surface area contributed by atoms with Crippen LogP contribution in [0.15, 0.2) is 78.9 Å². The number of ether oxygens (including phenoxy) is 3. The predicted octanol–water partition coefficient (Wildman–Crippen LogP) is 5.31. The fourth-order valence-electron chi connectivity index (χ4n) is 2.53. The van der Waals surface area contributed by atoms with Gasteiger partial charge in [0.15, 0.2) is 11.6 Å². The quantitative estimate of drug-likeness (QED) is 0.223. The maximum absolute atomic E-state index is 14.4. The molecule has 0 radical (unpaired) electrons. The van der Waals surface area contributed by atoms with Crippen molar-refractivity contribution in [2.45, 2.75) is 6.92 Å². The Bertz CT molecular complexity index is 1110. The van der Waals surface area contributed by atoms with E-state index in [1.165, 1.54) is 67.6 Å². The van der Waals surface area contributed by atoms with Crippen LogP contribution in [-0.2, 0) is 9.53 Å². The normalized spacial score (nSPS) is 10.3. The summed E-state index contributed by atoms with van der Waals surface area (Å²) in [6.45, 7) is 4.67. The van der Waals surface area contributed by atoms with Crippen LogP contribution >= 0.6 is 0 Å². The fourth-order valence-corrected chi connectivity index (χ4v) is 2.53. The summed E-state index contributed by atoms with van der Waals surface area (Å²) in [6, 6.07) is 15.6. The third kappa shape index (κ3) is 5.76. The van der Waals surface area contributed by atoms with Gasteiger partial charge in [-0.2, -0.15) is 0 Å². The second-order valence-electron chi connectivity index (χ2n) is 6.54. The van der Waals surface area contributed by atoms with Gasteiger partial charge in [0.25, 0.3) is 0 Å². The molecule has 7 heteroatoms. The van der Waals surface area contributed by atoms with E-state index in [0.717, 1.165) is 0 Å². The van der Waals surface area contributed by atoms with Crippen molar-refractivity contribution < 1.29 is 32.6 Å². The first-order valence-electron chi connectivity index (χ1n) is 9.16. The minimum absolute atomic E-state index is 0.174. The molecule has 5 nitrogen and oxygen atoms in total. The topological polar surface area (TPSA) is 61.8 Å². The molecule has 0 heterocycles. The van der Waals surface area contributed by atoms with E-state index in [1.807, 2.05) is 0 Å². The van der Waals surface area contributed by atoms with Crippen molar-refractivity contribution in [3.8, 4) is 22.6 Å². The molecule has 0 amide bonds. The first kappa shape index (κ1) is 21.7. The fraction of sp³-hybridized carbons (Fsp3) is 0.0833. The van der Waals surface area contributed by atoms with Crippen LogP contribution in [-0.4, -0.2) is 18.7 Å². The molecular weight excluding hydrogens is 406 g/mol. The Balaban J connectivity index is 1.61. The minimum Gasteiger partial charge on any atom is -0.457 e. The lowest BCUT2D eigenvalue weighted by Crippen LogP contribution is -2.11. The lowest BCUT2D eigenvalue weighted by molar-refractivity contribution is -0.145. The molecular formula is C24H18F2O5. The van der Waals surface area contributed by atoms with Gasteiger partial charge in [-0.15, -0.1) is 0 Å². The number of halogens is 2. The molecule has 0 aromatic heterocycles. The minimum atomic E-state index is -0.756. The van der Waals surface area contributed by atoms with Crippen LogP contribution in [0.2, 0.25) is 0 Å². The average molecular weight is 424 g/mol. The first-order chi connectivity index (χ1) is 14.8. The zero-order valence-electron chi connectivity index (χ0n) is 16.6. The van der Waals surface area contributed by atoms with Gasteiger partial charge in [-0.05, 0) is 66.6 Å². The first-order valence-corrected chi connectivity index (χ1v) is 9.16. The molecule has 0 aliphatic carbocycles. The molecule has 0 aliphatic heterocycles. The zero-order chi connectivity index (χ0) is 22.4. The van der Waals surface area contributed by atoms with Gasteiger partial charge < -0.3 is 14.2 Å². The lowest BCUT2D eigenvalue weighted by atomic mass is 10.1. The number of rotatable bonds is 7. The second-order valence-corrected chi connectivity index (χ2v) is 6.54. The highest BCUT2D eigenvalue weighted by molar-refractivity contribution is 5.91. The van der Waals surface area contributed by atoms with E-state index in [1.54, 1.807) is 6.07 Å². The summed E-state index contributed by atoms with van der Waals surface area (Å²) in [4.78, 5) is 23.6. The Morgan fingerprint density at radius 3 is 2.16 bits per heavy atom. The van der Waals surface area contributed by atoms with Crippen LogP contribution in [0.1, 0.15) is 17.3 Å². The Morgan fingerprint density at radius 1 is 0.903 bits per heavy atom. The molecule has 0 bridgehead atoms. The van der Waals surface area contributed by atoms with Gasteiger partial charge >= 0.3 is 11.9 Å². The van der Waals surface area contributed by atoms with E-state index in [2.05, 4.69) is 6.58 Å². The van der Waals surface area contributed by atoms with E-state index in [9.17, 15) is 18.4 Å². The van der Waals surface area contributed by atoms with Crippen LogP contribution < -0.4 is 9.47 Å². The Hall–Kier alpha value is -4.00. The van der Waals surface area contributed by atoms with Crippen molar-refractivity contribution in [1.29, 1.82) is 0 Å². The predicted molar refractivity (Wildman–Crippen MR) is 110 cm³/mol. The molecule has 0 unspecified atom stereocenters. The van der Waals surface area contributed by atoms with Gasteiger partial charge in [-0.1, -0.05) is 24.8 Å². The van der Waals surface area contributed by atoms with Crippen molar-refractivity contribution in [3.05, 3.63) is 96.1 Å². The summed E-state index contributed by atoms with van der Waals surface area (Å²) in [5, 5.41) is 0. The number of hydrogen-bond acceptors (Lipinski definition) is 5. The van der Waals surface area contributed by atoms with Crippen LogP contribution in [0.4, 0.5) is 8.78 Å². The SMILES string of the molecule is C=C(C)C(=O)OCOc1ccc(C(=O)Oc2ccc(-c3ccc(F)cc3)cc2F)cc1. The summed E-state index contributed by atoms with van der Waals surface area (Å²) >= 11 is 0. The van der Waals surface area contributed by atoms with Crippen molar-refractivity contribution in [2.24, 2.45) is 0 Å². The Labute approximate surface area is 177 Å². The number of hydrogen-bond donors (Lipinski definition) is 0. The molecule has 0 fully saturated rings. The van der Waals surface area contributed by atoms with Gasteiger partial charge in [0.2, 0.25) is 6.79 Å². The zero-order valence-corrected chi connectivity index (χ0v) is 16.6. The third-order valence-electron chi connectivity index (χ3n) is 4.17. The molecule has 0 N–H and O–H groups in total. The van der Waals surface area contributed by atoms with Gasteiger partial charge in [-0.3, -0.25) is 0 Å². The average Bonchev–Trinajstić information content (AvgIpc) is 2.76. The van der Waals surface area contributed by atoms with Crippen molar-refractivity contribution in [3.63, 3.8) is 0 Å². The second kappa shape index (κ2) is 9.67. The third-order valence-corrected chi connectivity index (χ3v) is 4.17. The van der Waals surface area contributed by atoms with Crippen molar-refractivity contribution in [2.75, 3.05) is 6.79 Å². The monoisotopic (exact) mass is 424 g/mol. The van der Waals surface area contributed by atoms with Crippen LogP contribution in [0.5, 0.6) is 11.5 Å². The van der Waals surface area contributed by atoms with Crippen molar-refractivity contribution >= 4 is 11.9 Å². The summed E-state index contributed by atoms with van der Waals surface area (Å²) in [7, 11) is 0. The molecule has 3 aromatic carbocycles. The van der Waals surface area contributed by atoms with Crippen molar-refractivity contribution in [1.82, 2.24) is 0 Å². The highest BCUT2D eigenvalue weighted by atomic mass is 19.1. The maximum atomic E-state index is 14.4. The number of carbonyl (C=O) groups excluding carboxylic acids is 2. The van der Waals surface area contributed by atoms with E-state index in [0.29, 0.717) is 16.9 Å². The van der Waals surface area contributed by atoms with E-state index in [-0.39, 0.29) is 29.5 Å². The molecule has 0 saturated heterocycles. The lowest BCUT2D eigenvalue weighted by Gasteiger charge is -2.09. The van der Waals surface area contributed by atoms with Gasteiger partial charge in [0.1, 0.15) is 11.6 Å². The van der Waals surface area contributed by atoms with E-state index >= 15 is 0 Å². The highest BCUT2D eigenvalue weighted by Crippen LogP contribution is 2.26. The Kier molecular flexibility index (Phi) is 6.77. The van der Waals surface area contributed by atoms with Crippen LogP contribution in [0.25, 0.3) is 11.1 Å². The smallest absolute Gasteiger partial charge is 0.343 e. The maximum Gasteiger partial charge on any atom is 0.343 e. The largest absolute Gasteiger partial charge is 0.457 e. The molecule has 3 rings (SSSR count). The molecule has 0 atom stereocenters. The Morgan fingerprint density at radius 2 is 1.55 bits per heavy atom. The number of esters is 2. The summed E-state index contributed by atoms with van der Waals surface area (Å²) < 4.78 is 42.6. The molecule has 0 aliphatic rings. The van der Waals surface area contributed by atoms with Crippen LogP contribution in [0, 0.1) is 11.6 Å². The number of carbonyl (C=O) groups is 2. The molecule has 31 heavy (non-hydrogen) atoms. The highest BCUT2D eigenvalue weighted by Gasteiger charge is 2.13. The standard InChI is InChI=1S/C24H18F2O5/c1-15(2)23(27)30-14-29-20-10-5-17(6-11-20)24(28)31-22-12-7-18(13-21(22)26)16-3-8-19(25)9-4-16/h3-13H,1,14H2,2H3. The van der Waals surface area contributed by atoms with Crippen LogP contribution in [0.3, 0.4) is 0 Å². The van der Waals surface area contributed by atoms with Gasteiger partial charge in [-0.25, -0.2) is 18.4 Å². The molecule has 3 aromatic rings. The van der Waals surface area contributed by atoms with E-state index in [4.69, 9.17) is 14.2 Å². The number of benzene rings is 3. The summed E-state index contributed by atoms with van der Waals surface area (Å²) in [5.74, 6) is -2.32. The van der Waals surface area contributed by atoms with E-state index < -0.39 is 17.8 Å². The van der Waals surface area contributed by atoms with Gasteiger partial charge in [0.05, 0.1) is 5.56 Å². The molecule has 0 spiro atoms. The van der Waals surface area contributed by atoms with Gasteiger partial charge in [0, 0.05) is 5.57 Å².